The van der Waals surface area contributed by atoms with Gasteiger partial charge in [0.05, 0.1) is 13.1 Å². The van der Waals surface area contributed by atoms with Crippen LogP contribution in [0.4, 0.5) is 8.78 Å². The van der Waals surface area contributed by atoms with E-state index >= 15 is 0 Å². The molecule has 3 nitrogen and oxygen atoms in total. The second kappa shape index (κ2) is 6.63. The number of benzene rings is 2. The Hall–Kier alpha value is -2.01. The van der Waals surface area contributed by atoms with Gasteiger partial charge >= 0.3 is 0 Å². The molecule has 0 radical (unpaired) electrons. The van der Waals surface area contributed by atoms with Gasteiger partial charge in [0.25, 0.3) is 5.92 Å². The molecule has 2 aromatic carbocycles. The summed E-state index contributed by atoms with van der Waals surface area (Å²) >= 11 is 0. The number of halogens is 2. The maximum absolute atomic E-state index is 12.9. The first-order chi connectivity index (χ1) is 10.00. The molecule has 21 heavy (non-hydrogen) atoms. The van der Waals surface area contributed by atoms with E-state index in [-0.39, 0.29) is 6.42 Å². The third-order valence-corrected chi connectivity index (χ3v) is 3.30. The monoisotopic (exact) mass is 292 g/mol. The second-order valence-electron chi connectivity index (χ2n) is 5.02. The number of fused-ring (bicyclic) bond motifs is 1. The van der Waals surface area contributed by atoms with Gasteiger partial charge in [-0.25, -0.2) is 8.78 Å². The van der Waals surface area contributed by atoms with Crippen LogP contribution in [0.1, 0.15) is 12.0 Å². The maximum Gasteiger partial charge on any atom is 0.277 e. The molecule has 0 aliphatic rings. The summed E-state index contributed by atoms with van der Waals surface area (Å²) in [5, 5.41) is 4.45. The Morgan fingerprint density at radius 3 is 2.57 bits per heavy atom. The Balaban J connectivity index is 1.88. The molecule has 0 spiro atoms. The Labute approximate surface area is 122 Å². The Bertz CT molecular complexity index is 628. The minimum atomic E-state index is -3.04. The Morgan fingerprint density at radius 1 is 1.14 bits per heavy atom. The summed E-state index contributed by atoms with van der Waals surface area (Å²) < 4.78 is 25.8. The third kappa shape index (κ3) is 4.49. The van der Waals surface area contributed by atoms with Crippen molar-refractivity contribution in [2.75, 3.05) is 13.1 Å². The van der Waals surface area contributed by atoms with E-state index in [0.29, 0.717) is 6.42 Å². The van der Waals surface area contributed by atoms with E-state index in [9.17, 15) is 13.6 Å². The van der Waals surface area contributed by atoms with Crippen molar-refractivity contribution in [3.8, 4) is 0 Å². The highest BCUT2D eigenvalue weighted by Gasteiger charge is 2.26. The third-order valence-electron chi connectivity index (χ3n) is 3.30. The SMILES string of the molecule is NCC(F)(F)CNC(=O)CCc1ccc2ccccc2c1. The molecule has 5 heteroatoms. The highest BCUT2D eigenvalue weighted by molar-refractivity contribution is 5.83. The van der Waals surface area contributed by atoms with Crippen LogP contribution < -0.4 is 11.1 Å². The molecule has 2 aromatic rings. The van der Waals surface area contributed by atoms with Gasteiger partial charge in [-0.3, -0.25) is 4.79 Å². The van der Waals surface area contributed by atoms with E-state index in [0.717, 1.165) is 16.3 Å². The van der Waals surface area contributed by atoms with Gasteiger partial charge in [0.2, 0.25) is 5.91 Å². The van der Waals surface area contributed by atoms with Crippen molar-refractivity contribution >= 4 is 16.7 Å². The topological polar surface area (TPSA) is 55.1 Å². The molecule has 112 valence electrons. The van der Waals surface area contributed by atoms with Crippen LogP contribution >= 0.6 is 0 Å². The van der Waals surface area contributed by atoms with Gasteiger partial charge in [-0.1, -0.05) is 42.5 Å². The number of rotatable bonds is 6. The first-order valence-electron chi connectivity index (χ1n) is 6.82. The standard InChI is InChI=1S/C16H18F2N2O/c17-16(18,10-19)11-20-15(21)8-6-12-5-7-13-3-1-2-4-14(13)9-12/h1-5,7,9H,6,8,10-11,19H2,(H,20,21). The van der Waals surface area contributed by atoms with Gasteiger partial charge in [0.1, 0.15) is 0 Å². The quantitative estimate of drug-likeness (QED) is 0.859. The summed E-state index contributed by atoms with van der Waals surface area (Å²) in [5.41, 5.74) is 5.92. The number of nitrogens with two attached hydrogens (primary N) is 1. The van der Waals surface area contributed by atoms with Crippen molar-refractivity contribution in [2.24, 2.45) is 5.73 Å². The molecular formula is C16H18F2N2O. The summed E-state index contributed by atoms with van der Waals surface area (Å²) in [6.45, 7) is -1.47. The maximum atomic E-state index is 12.9. The van der Waals surface area contributed by atoms with E-state index in [1.54, 1.807) is 0 Å². The first kappa shape index (κ1) is 15.4. The molecular weight excluding hydrogens is 274 g/mol. The molecule has 0 saturated carbocycles. The summed E-state index contributed by atoms with van der Waals surface area (Å²) in [5.74, 6) is -3.44. The molecule has 0 aromatic heterocycles. The number of hydrogen-bond acceptors (Lipinski definition) is 2. The largest absolute Gasteiger partial charge is 0.350 e. The van der Waals surface area contributed by atoms with Gasteiger partial charge in [0.15, 0.2) is 0 Å². The van der Waals surface area contributed by atoms with Crippen LogP contribution in [-0.2, 0) is 11.2 Å². The average molecular weight is 292 g/mol. The lowest BCUT2D eigenvalue weighted by Gasteiger charge is -2.14. The van der Waals surface area contributed by atoms with Gasteiger partial charge in [0, 0.05) is 6.42 Å². The number of aryl methyl sites for hydroxylation is 1. The van der Waals surface area contributed by atoms with Crippen molar-refractivity contribution in [1.82, 2.24) is 5.32 Å². The van der Waals surface area contributed by atoms with E-state index in [2.05, 4.69) is 5.32 Å². The number of amides is 1. The molecule has 1 amide bonds. The molecule has 0 aliphatic carbocycles. The zero-order chi connectivity index (χ0) is 15.3. The number of nitrogens with one attached hydrogen (secondary N) is 1. The summed E-state index contributed by atoms with van der Waals surface area (Å²) in [6.07, 6.45) is 0.698. The molecule has 0 saturated heterocycles. The minimum Gasteiger partial charge on any atom is -0.350 e. The van der Waals surface area contributed by atoms with Gasteiger partial charge in [-0.2, -0.15) is 0 Å². The fraction of sp³-hybridized carbons (Fsp3) is 0.312. The van der Waals surface area contributed by atoms with E-state index in [1.165, 1.54) is 0 Å². The first-order valence-corrected chi connectivity index (χ1v) is 6.82. The molecule has 0 bridgehead atoms. The second-order valence-corrected chi connectivity index (χ2v) is 5.02. The molecule has 3 N–H and O–H groups in total. The van der Waals surface area contributed by atoms with E-state index in [4.69, 9.17) is 5.73 Å². The van der Waals surface area contributed by atoms with Gasteiger partial charge in [-0.15, -0.1) is 0 Å². The molecule has 0 atom stereocenters. The predicted molar refractivity (Wildman–Crippen MR) is 79.3 cm³/mol. The normalized spacial score (nSPS) is 11.6. The predicted octanol–water partition coefficient (Wildman–Crippen LogP) is 2.48. The molecule has 2 rings (SSSR count). The number of carbonyl (C=O) groups excluding carboxylic acids is 1. The van der Waals surface area contributed by atoms with Crippen LogP contribution in [-0.4, -0.2) is 24.9 Å². The van der Waals surface area contributed by atoms with Crippen LogP contribution in [0.2, 0.25) is 0 Å². The van der Waals surface area contributed by atoms with Crippen LogP contribution in [0.15, 0.2) is 42.5 Å². The number of alkyl halides is 2. The van der Waals surface area contributed by atoms with Crippen molar-refractivity contribution in [3.05, 3.63) is 48.0 Å². The minimum absolute atomic E-state index is 0.180. The summed E-state index contributed by atoms with van der Waals surface area (Å²) in [7, 11) is 0. The molecule has 0 fully saturated rings. The van der Waals surface area contributed by atoms with Crippen LogP contribution in [0.3, 0.4) is 0 Å². The number of carbonyl (C=O) groups is 1. The lowest BCUT2D eigenvalue weighted by atomic mass is 10.0. The lowest BCUT2D eigenvalue weighted by molar-refractivity contribution is -0.122. The Morgan fingerprint density at radius 2 is 1.86 bits per heavy atom. The van der Waals surface area contributed by atoms with Crippen molar-refractivity contribution < 1.29 is 13.6 Å². The van der Waals surface area contributed by atoms with Crippen LogP contribution in [0.5, 0.6) is 0 Å². The lowest BCUT2D eigenvalue weighted by Crippen LogP contribution is -2.41. The highest BCUT2D eigenvalue weighted by atomic mass is 19.3. The van der Waals surface area contributed by atoms with Crippen molar-refractivity contribution in [3.63, 3.8) is 0 Å². The van der Waals surface area contributed by atoms with Gasteiger partial charge in [-0.05, 0) is 22.8 Å². The van der Waals surface area contributed by atoms with Crippen LogP contribution in [0, 0.1) is 0 Å². The molecule has 0 aliphatic heterocycles. The highest BCUT2D eigenvalue weighted by Crippen LogP contribution is 2.16. The fourth-order valence-corrected chi connectivity index (χ4v) is 2.04. The van der Waals surface area contributed by atoms with Gasteiger partial charge < -0.3 is 11.1 Å². The Kier molecular flexibility index (Phi) is 4.85. The number of hydrogen-bond donors (Lipinski definition) is 2. The summed E-state index contributed by atoms with van der Waals surface area (Å²) in [6, 6.07) is 13.9. The van der Waals surface area contributed by atoms with E-state index < -0.39 is 24.9 Å². The van der Waals surface area contributed by atoms with Crippen LogP contribution in [0.25, 0.3) is 10.8 Å². The van der Waals surface area contributed by atoms with Crippen molar-refractivity contribution in [2.45, 2.75) is 18.8 Å². The van der Waals surface area contributed by atoms with E-state index in [1.807, 2.05) is 42.5 Å². The zero-order valence-electron chi connectivity index (χ0n) is 11.6. The smallest absolute Gasteiger partial charge is 0.277 e. The van der Waals surface area contributed by atoms with Crippen molar-refractivity contribution in [1.29, 1.82) is 0 Å². The summed E-state index contributed by atoms with van der Waals surface area (Å²) in [4.78, 5) is 11.6. The molecule has 0 heterocycles. The average Bonchev–Trinajstić information content (AvgIpc) is 2.51. The molecule has 0 unspecified atom stereocenters. The fourth-order valence-electron chi connectivity index (χ4n) is 2.04. The zero-order valence-corrected chi connectivity index (χ0v) is 11.6.